The van der Waals surface area contributed by atoms with E-state index < -0.39 is 5.82 Å². The van der Waals surface area contributed by atoms with Crippen molar-refractivity contribution >= 4 is 17.8 Å². The van der Waals surface area contributed by atoms with Gasteiger partial charge in [0.15, 0.2) is 0 Å². The second kappa shape index (κ2) is 7.82. The number of nitrogens with one attached hydrogen (secondary N) is 1. The van der Waals surface area contributed by atoms with Gasteiger partial charge in [0.05, 0.1) is 14.2 Å². The first-order chi connectivity index (χ1) is 12.6. The van der Waals surface area contributed by atoms with Crippen LogP contribution < -0.4 is 14.8 Å². The Labute approximate surface area is 151 Å². The zero-order valence-electron chi connectivity index (χ0n) is 14.6. The molecule has 0 saturated carbocycles. The van der Waals surface area contributed by atoms with Crippen molar-refractivity contribution in [3.63, 3.8) is 0 Å². The summed E-state index contributed by atoms with van der Waals surface area (Å²) in [5.74, 6) is 1.13. The lowest BCUT2D eigenvalue weighted by Gasteiger charge is -2.07. The fourth-order valence-corrected chi connectivity index (χ4v) is 2.76. The number of nitrogens with zero attached hydrogens (tertiary/aromatic N) is 1. The highest BCUT2D eigenvalue weighted by Gasteiger charge is 2.20. The molecule has 0 aromatic heterocycles. The standard InChI is InChI=1S/C20H19FN2O3/c1-25-17-6-4-3-5-13(17)7-10-19-22-16(20(24)23-19)12-14-11-15(21)8-9-18(14)26-2/h3-6,8-9,11-12H,7,10H2,1-2H3,(H,22,23,24)/b16-12+. The molecule has 1 N–H and O–H groups in total. The molecular weight excluding hydrogens is 335 g/mol. The van der Waals surface area contributed by atoms with E-state index in [4.69, 9.17) is 9.47 Å². The molecule has 134 valence electrons. The third-order valence-corrected chi connectivity index (χ3v) is 4.05. The van der Waals surface area contributed by atoms with Gasteiger partial charge in [-0.25, -0.2) is 9.38 Å². The van der Waals surface area contributed by atoms with Gasteiger partial charge in [-0.15, -0.1) is 0 Å². The van der Waals surface area contributed by atoms with Crippen LogP contribution >= 0.6 is 0 Å². The quantitative estimate of drug-likeness (QED) is 0.810. The van der Waals surface area contributed by atoms with Gasteiger partial charge in [0.25, 0.3) is 5.91 Å². The fraction of sp³-hybridized carbons (Fsp3) is 0.200. The summed E-state index contributed by atoms with van der Waals surface area (Å²) < 4.78 is 24.0. The maximum atomic E-state index is 13.5. The van der Waals surface area contributed by atoms with Gasteiger partial charge in [-0.05, 0) is 42.3 Å². The minimum Gasteiger partial charge on any atom is -0.496 e. The lowest BCUT2D eigenvalue weighted by atomic mass is 10.1. The number of halogens is 1. The number of amidine groups is 1. The van der Waals surface area contributed by atoms with Gasteiger partial charge in [0.2, 0.25) is 0 Å². The van der Waals surface area contributed by atoms with Crippen LogP contribution in [0.5, 0.6) is 11.5 Å². The van der Waals surface area contributed by atoms with Crippen molar-refractivity contribution in [2.24, 2.45) is 4.99 Å². The number of rotatable bonds is 6. The highest BCUT2D eigenvalue weighted by atomic mass is 19.1. The van der Waals surface area contributed by atoms with E-state index in [1.807, 2.05) is 24.3 Å². The molecule has 0 unspecified atom stereocenters. The number of methoxy groups -OCH3 is 2. The first-order valence-electron chi connectivity index (χ1n) is 8.16. The van der Waals surface area contributed by atoms with E-state index in [2.05, 4.69) is 10.3 Å². The normalized spacial score (nSPS) is 15.0. The van der Waals surface area contributed by atoms with Crippen LogP contribution in [-0.4, -0.2) is 26.0 Å². The Morgan fingerprint density at radius 3 is 2.62 bits per heavy atom. The lowest BCUT2D eigenvalue weighted by Crippen LogP contribution is -2.24. The van der Waals surface area contributed by atoms with E-state index in [9.17, 15) is 9.18 Å². The largest absolute Gasteiger partial charge is 0.496 e. The lowest BCUT2D eigenvalue weighted by molar-refractivity contribution is -0.115. The van der Waals surface area contributed by atoms with Crippen molar-refractivity contribution in [2.45, 2.75) is 12.8 Å². The van der Waals surface area contributed by atoms with E-state index >= 15 is 0 Å². The smallest absolute Gasteiger partial charge is 0.275 e. The summed E-state index contributed by atoms with van der Waals surface area (Å²) in [5, 5.41) is 2.75. The van der Waals surface area contributed by atoms with Crippen LogP contribution in [0, 0.1) is 5.82 Å². The number of hydrogen-bond donors (Lipinski definition) is 1. The van der Waals surface area contributed by atoms with Crippen molar-refractivity contribution in [3.8, 4) is 11.5 Å². The van der Waals surface area contributed by atoms with E-state index in [1.54, 1.807) is 7.11 Å². The predicted octanol–water partition coefficient (Wildman–Crippen LogP) is 3.34. The Morgan fingerprint density at radius 1 is 1.08 bits per heavy atom. The van der Waals surface area contributed by atoms with Gasteiger partial charge in [-0.2, -0.15) is 0 Å². The molecular formula is C20H19FN2O3. The van der Waals surface area contributed by atoms with Gasteiger partial charge in [-0.1, -0.05) is 18.2 Å². The van der Waals surface area contributed by atoms with Crippen LogP contribution in [0.15, 0.2) is 53.2 Å². The second-order valence-corrected chi connectivity index (χ2v) is 5.74. The SMILES string of the molecule is COc1ccc(F)cc1/C=C1/N=C(CCc2ccccc2OC)NC1=O. The Balaban J connectivity index is 1.78. The van der Waals surface area contributed by atoms with Crippen LogP contribution in [0.3, 0.4) is 0 Å². The van der Waals surface area contributed by atoms with Gasteiger partial charge >= 0.3 is 0 Å². The van der Waals surface area contributed by atoms with Gasteiger partial charge in [0.1, 0.15) is 28.8 Å². The molecule has 2 aromatic rings. The molecule has 5 nitrogen and oxygen atoms in total. The maximum Gasteiger partial charge on any atom is 0.275 e. The fourth-order valence-electron chi connectivity index (χ4n) is 2.76. The van der Waals surface area contributed by atoms with Gasteiger partial charge < -0.3 is 14.8 Å². The average molecular weight is 354 g/mol. The number of benzene rings is 2. The number of aryl methyl sites for hydroxylation is 1. The Kier molecular flexibility index (Phi) is 5.31. The Hall–Kier alpha value is -3.15. The molecule has 1 aliphatic rings. The molecule has 1 aliphatic heterocycles. The summed E-state index contributed by atoms with van der Waals surface area (Å²) in [7, 11) is 3.12. The van der Waals surface area contributed by atoms with Crippen LogP contribution in [0.1, 0.15) is 17.5 Å². The minimum atomic E-state index is -0.406. The summed E-state index contributed by atoms with van der Waals surface area (Å²) in [6.07, 6.45) is 2.76. The van der Waals surface area contributed by atoms with Crippen LogP contribution in [0.2, 0.25) is 0 Å². The highest BCUT2D eigenvalue weighted by Crippen LogP contribution is 2.24. The summed E-state index contributed by atoms with van der Waals surface area (Å²) in [4.78, 5) is 16.5. The molecule has 0 bridgehead atoms. The average Bonchev–Trinajstić information content (AvgIpc) is 3.00. The summed E-state index contributed by atoms with van der Waals surface area (Å²) in [6.45, 7) is 0. The number of hydrogen-bond acceptors (Lipinski definition) is 4. The van der Waals surface area contributed by atoms with Crippen molar-refractivity contribution in [2.75, 3.05) is 14.2 Å². The minimum absolute atomic E-state index is 0.226. The number of ether oxygens (including phenoxy) is 2. The molecule has 0 saturated heterocycles. The zero-order valence-corrected chi connectivity index (χ0v) is 14.6. The Morgan fingerprint density at radius 2 is 1.85 bits per heavy atom. The third kappa shape index (κ3) is 3.91. The van der Waals surface area contributed by atoms with Gasteiger partial charge in [-0.3, -0.25) is 4.79 Å². The third-order valence-electron chi connectivity index (χ3n) is 4.05. The molecule has 0 radical (unpaired) electrons. The molecule has 0 atom stereocenters. The predicted molar refractivity (Wildman–Crippen MR) is 97.8 cm³/mol. The van der Waals surface area contributed by atoms with Crippen molar-refractivity contribution in [1.29, 1.82) is 0 Å². The van der Waals surface area contributed by atoms with Crippen molar-refractivity contribution in [3.05, 3.63) is 65.1 Å². The second-order valence-electron chi connectivity index (χ2n) is 5.74. The number of para-hydroxylation sites is 1. The summed E-state index contributed by atoms with van der Waals surface area (Å²) >= 11 is 0. The number of carbonyl (C=O) groups is 1. The van der Waals surface area contributed by atoms with E-state index in [0.717, 1.165) is 11.3 Å². The zero-order chi connectivity index (χ0) is 18.5. The summed E-state index contributed by atoms with van der Waals surface area (Å²) in [6, 6.07) is 11.8. The molecule has 1 amide bonds. The molecule has 2 aromatic carbocycles. The first-order valence-corrected chi connectivity index (χ1v) is 8.16. The van der Waals surface area contributed by atoms with Crippen LogP contribution in [0.25, 0.3) is 6.08 Å². The van der Waals surface area contributed by atoms with E-state index in [0.29, 0.717) is 30.0 Å². The molecule has 0 fully saturated rings. The molecule has 0 spiro atoms. The van der Waals surface area contributed by atoms with Crippen molar-refractivity contribution < 1.29 is 18.7 Å². The summed E-state index contributed by atoms with van der Waals surface area (Å²) in [5.41, 5.74) is 1.73. The maximum absolute atomic E-state index is 13.5. The number of aliphatic imine (C=N–C) groups is 1. The van der Waals surface area contributed by atoms with Gasteiger partial charge in [0, 0.05) is 12.0 Å². The van der Waals surface area contributed by atoms with Crippen molar-refractivity contribution in [1.82, 2.24) is 5.32 Å². The molecule has 6 heteroatoms. The van der Waals surface area contributed by atoms with Crippen LogP contribution in [-0.2, 0) is 11.2 Å². The highest BCUT2D eigenvalue weighted by molar-refractivity contribution is 6.14. The Bertz CT molecular complexity index is 890. The number of carbonyl (C=O) groups excluding carboxylic acids is 1. The molecule has 26 heavy (non-hydrogen) atoms. The van der Waals surface area contributed by atoms with E-state index in [-0.39, 0.29) is 11.6 Å². The molecule has 0 aliphatic carbocycles. The number of amides is 1. The van der Waals surface area contributed by atoms with E-state index in [1.165, 1.54) is 31.4 Å². The van der Waals surface area contributed by atoms with Crippen LogP contribution in [0.4, 0.5) is 4.39 Å². The topological polar surface area (TPSA) is 59.9 Å². The molecule has 1 heterocycles. The molecule has 3 rings (SSSR count). The monoisotopic (exact) mass is 354 g/mol. The first kappa shape index (κ1) is 17.7.